The molecule has 0 amide bonds. The summed E-state index contributed by atoms with van der Waals surface area (Å²) >= 11 is 0. The molecule has 0 spiro atoms. The van der Waals surface area contributed by atoms with Crippen LogP contribution in [0.4, 0.5) is 0 Å². The van der Waals surface area contributed by atoms with E-state index in [-0.39, 0.29) is 11.9 Å². The third kappa shape index (κ3) is 31.7. The summed E-state index contributed by atoms with van der Waals surface area (Å²) in [6, 6.07) is 0. The number of hydrogen-bond acceptors (Lipinski definition) is 5. The topological polar surface area (TPSA) is 55.8 Å². The van der Waals surface area contributed by atoms with E-state index in [2.05, 4.69) is 13.8 Å². The minimum Gasteiger partial charge on any atom is -0.424 e. The van der Waals surface area contributed by atoms with Gasteiger partial charge in [0.1, 0.15) is 0 Å². The summed E-state index contributed by atoms with van der Waals surface area (Å²) in [6.45, 7) is 4.93. The molecule has 0 aromatic rings. The van der Waals surface area contributed by atoms with E-state index in [0.29, 0.717) is 19.4 Å². The SMILES string of the molecule is CCCCCCCCCCCCCCCC(=O)OC(CN(C)C)OC(=O)CCCCCCCCCCCCCCC. The molecule has 0 aliphatic rings. The maximum absolute atomic E-state index is 12.4. The van der Waals surface area contributed by atoms with Gasteiger partial charge in [-0.05, 0) is 26.9 Å². The van der Waals surface area contributed by atoms with Crippen molar-refractivity contribution in [2.75, 3.05) is 20.6 Å². The van der Waals surface area contributed by atoms with Gasteiger partial charge in [-0.3, -0.25) is 9.59 Å². The van der Waals surface area contributed by atoms with Gasteiger partial charge >= 0.3 is 11.9 Å². The highest BCUT2D eigenvalue weighted by atomic mass is 16.7. The lowest BCUT2D eigenvalue weighted by atomic mass is 10.0. The second kappa shape index (κ2) is 31.8. The Balaban J connectivity index is 3.77. The van der Waals surface area contributed by atoms with Gasteiger partial charge in [0.05, 0.1) is 6.54 Å². The van der Waals surface area contributed by atoms with Crippen LogP contribution >= 0.6 is 0 Å². The molecule has 0 aromatic heterocycles. The molecule has 0 saturated carbocycles. The first kappa shape index (κ1) is 39.9. The van der Waals surface area contributed by atoms with Crippen molar-refractivity contribution in [3.63, 3.8) is 0 Å². The van der Waals surface area contributed by atoms with E-state index >= 15 is 0 Å². The molecule has 41 heavy (non-hydrogen) atoms. The van der Waals surface area contributed by atoms with Crippen molar-refractivity contribution < 1.29 is 19.1 Å². The summed E-state index contributed by atoms with van der Waals surface area (Å²) in [5.74, 6) is -0.512. The first-order valence-corrected chi connectivity index (χ1v) is 18.0. The van der Waals surface area contributed by atoms with Crippen LogP contribution in [0, 0.1) is 0 Å². The van der Waals surface area contributed by atoms with E-state index in [4.69, 9.17) is 9.47 Å². The van der Waals surface area contributed by atoms with Gasteiger partial charge in [-0.1, -0.05) is 168 Å². The smallest absolute Gasteiger partial charge is 0.308 e. The van der Waals surface area contributed by atoms with Crippen LogP contribution in [-0.2, 0) is 19.1 Å². The van der Waals surface area contributed by atoms with E-state index in [9.17, 15) is 9.59 Å². The molecule has 0 unspecified atom stereocenters. The molecule has 0 aliphatic heterocycles. The fourth-order valence-electron chi connectivity index (χ4n) is 5.38. The quantitative estimate of drug-likeness (QED) is 0.0449. The van der Waals surface area contributed by atoms with Crippen molar-refractivity contribution >= 4 is 11.9 Å². The largest absolute Gasteiger partial charge is 0.424 e. The molecule has 0 rings (SSSR count). The molecule has 0 radical (unpaired) electrons. The van der Waals surface area contributed by atoms with Crippen LogP contribution in [0.25, 0.3) is 0 Å². The van der Waals surface area contributed by atoms with Crippen LogP contribution in [0.2, 0.25) is 0 Å². The van der Waals surface area contributed by atoms with Gasteiger partial charge in [-0.15, -0.1) is 0 Å². The number of carbonyl (C=O) groups excluding carboxylic acids is 2. The number of ether oxygens (including phenoxy) is 2. The number of esters is 2. The molecule has 5 nitrogen and oxygen atoms in total. The Bertz CT molecular complexity index is 522. The zero-order valence-corrected chi connectivity index (χ0v) is 28.2. The molecule has 0 aromatic carbocycles. The Labute approximate surface area is 256 Å². The summed E-state index contributed by atoms with van der Waals surface area (Å²) in [4.78, 5) is 26.6. The Morgan fingerprint density at radius 3 is 0.927 bits per heavy atom. The van der Waals surface area contributed by atoms with Crippen LogP contribution in [0.3, 0.4) is 0 Å². The van der Waals surface area contributed by atoms with Crippen molar-refractivity contribution in [2.24, 2.45) is 0 Å². The Morgan fingerprint density at radius 1 is 0.439 bits per heavy atom. The standard InChI is InChI=1S/C36H71NO4/c1-5-7-9-11-13-15-17-19-21-23-25-27-29-31-34(38)40-36(33-37(3)4)41-35(39)32-30-28-26-24-22-20-18-16-14-12-10-8-6-2/h36H,5-33H2,1-4H3. The lowest BCUT2D eigenvalue weighted by Crippen LogP contribution is -2.34. The van der Waals surface area contributed by atoms with E-state index in [1.165, 1.54) is 141 Å². The van der Waals surface area contributed by atoms with Crippen LogP contribution in [-0.4, -0.2) is 43.8 Å². The molecule has 0 saturated heterocycles. The third-order valence-electron chi connectivity index (χ3n) is 8.01. The molecule has 0 fully saturated rings. The summed E-state index contributed by atoms with van der Waals surface area (Å²) in [6.07, 6.45) is 33.3. The van der Waals surface area contributed by atoms with Gasteiger partial charge in [-0.25, -0.2) is 0 Å². The zero-order valence-electron chi connectivity index (χ0n) is 28.2. The lowest BCUT2D eigenvalue weighted by Gasteiger charge is -2.21. The maximum Gasteiger partial charge on any atom is 0.308 e. The van der Waals surface area contributed by atoms with Crippen molar-refractivity contribution in [3.05, 3.63) is 0 Å². The van der Waals surface area contributed by atoms with Gasteiger partial charge in [-0.2, -0.15) is 0 Å². The molecular weight excluding hydrogens is 510 g/mol. The summed E-state index contributed by atoms with van der Waals surface area (Å²) < 4.78 is 11.1. The zero-order chi connectivity index (χ0) is 30.2. The van der Waals surface area contributed by atoms with Gasteiger partial charge in [0.25, 0.3) is 6.29 Å². The number of unbranched alkanes of at least 4 members (excludes halogenated alkanes) is 24. The average molecular weight is 582 g/mol. The molecule has 0 bridgehead atoms. The summed E-state index contributed by atoms with van der Waals surface area (Å²) in [7, 11) is 3.79. The third-order valence-corrected chi connectivity index (χ3v) is 8.01. The molecule has 0 atom stereocenters. The van der Waals surface area contributed by atoms with Crippen LogP contribution in [0.15, 0.2) is 0 Å². The molecule has 0 aliphatic carbocycles. The van der Waals surface area contributed by atoms with Crippen molar-refractivity contribution in [2.45, 2.75) is 200 Å². The highest BCUT2D eigenvalue weighted by Crippen LogP contribution is 2.15. The second-order valence-corrected chi connectivity index (χ2v) is 12.7. The van der Waals surface area contributed by atoms with E-state index in [1.54, 1.807) is 0 Å². The van der Waals surface area contributed by atoms with Gasteiger partial charge < -0.3 is 14.4 Å². The van der Waals surface area contributed by atoms with Crippen molar-refractivity contribution in [1.82, 2.24) is 4.90 Å². The monoisotopic (exact) mass is 582 g/mol. The molecular formula is C36H71NO4. The fourth-order valence-corrected chi connectivity index (χ4v) is 5.38. The predicted octanol–water partition coefficient (Wildman–Crippen LogP) is 10.9. The molecule has 244 valence electrons. The summed E-state index contributed by atoms with van der Waals surface area (Å²) in [5, 5.41) is 0. The van der Waals surface area contributed by atoms with Crippen LogP contribution in [0.1, 0.15) is 194 Å². The van der Waals surface area contributed by atoms with E-state index in [1.807, 2.05) is 19.0 Å². The van der Waals surface area contributed by atoms with Crippen molar-refractivity contribution in [1.29, 1.82) is 0 Å². The van der Waals surface area contributed by atoms with Gasteiger partial charge in [0.2, 0.25) is 0 Å². The highest BCUT2D eigenvalue weighted by molar-refractivity contribution is 5.71. The Kier molecular flexibility index (Phi) is 31.0. The number of likely N-dealkylation sites (N-methyl/N-ethyl adjacent to an activating group) is 1. The number of hydrogen-bond donors (Lipinski definition) is 0. The Morgan fingerprint density at radius 2 is 0.683 bits per heavy atom. The number of nitrogens with zero attached hydrogens (tertiary/aromatic N) is 1. The average Bonchev–Trinajstić information content (AvgIpc) is 2.93. The minimum absolute atomic E-state index is 0.256. The van der Waals surface area contributed by atoms with Gasteiger partial charge in [0, 0.05) is 12.8 Å². The van der Waals surface area contributed by atoms with E-state index in [0.717, 1.165) is 25.7 Å². The lowest BCUT2D eigenvalue weighted by molar-refractivity contribution is -0.190. The van der Waals surface area contributed by atoms with E-state index < -0.39 is 6.29 Å². The van der Waals surface area contributed by atoms with Crippen LogP contribution < -0.4 is 0 Å². The van der Waals surface area contributed by atoms with Crippen LogP contribution in [0.5, 0.6) is 0 Å². The molecule has 5 heteroatoms. The number of carbonyl (C=O) groups is 2. The number of rotatable bonds is 32. The summed E-state index contributed by atoms with van der Waals surface area (Å²) in [5.41, 5.74) is 0. The first-order valence-electron chi connectivity index (χ1n) is 18.0. The fraction of sp³-hybridized carbons (Fsp3) is 0.944. The van der Waals surface area contributed by atoms with Crippen molar-refractivity contribution in [3.8, 4) is 0 Å². The predicted molar refractivity (Wildman–Crippen MR) is 175 cm³/mol. The first-order chi connectivity index (χ1) is 20.0. The molecule has 0 heterocycles. The second-order valence-electron chi connectivity index (χ2n) is 12.7. The normalized spacial score (nSPS) is 11.5. The maximum atomic E-state index is 12.4. The molecule has 0 N–H and O–H groups in total. The minimum atomic E-state index is -0.811. The van der Waals surface area contributed by atoms with Gasteiger partial charge in [0.15, 0.2) is 0 Å². The Hall–Kier alpha value is -1.10. The highest BCUT2D eigenvalue weighted by Gasteiger charge is 2.19.